The number of carboxylic acid groups (broad SMARTS) is 1. The quantitative estimate of drug-likeness (QED) is 0.916. The lowest BCUT2D eigenvalue weighted by atomic mass is 10.1. The number of rotatable bonds is 5. The summed E-state index contributed by atoms with van der Waals surface area (Å²) in [5, 5.41) is 13.4. The van der Waals surface area contributed by atoms with Crippen LogP contribution in [0.3, 0.4) is 0 Å². The fraction of sp³-hybridized carbons (Fsp3) is 0.333. The maximum Gasteiger partial charge on any atom is 0.343 e. The van der Waals surface area contributed by atoms with Crippen molar-refractivity contribution in [2.24, 2.45) is 7.05 Å². The van der Waals surface area contributed by atoms with Crippen LogP contribution < -0.4 is 9.47 Å². The lowest BCUT2D eigenvalue weighted by Gasteiger charge is -2.12. The van der Waals surface area contributed by atoms with Crippen LogP contribution in [0.2, 0.25) is 0 Å². The summed E-state index contributed by atoms with van der Waals surface area (Å²) in [5.74, 6) is 0.132. The Labute approximate surface area is 122 Å². The van der Waals surface area contributed by atoms with Crippen LogP contribution in [0.25, 0.3) is 0 Å². The van der Waals surface area contributed by atoms with Crippen LogP contribution in [0.4, 0.5) is 0 Å². The monoisotopic (exact) mass is 290 g/mol. The van der Waals surface area contributed by atoms with Crippen molar-refractivity contribution < 1.29 is 19.4 Å². The molecule has 2 aromatic rings. The number of hydrogen-bond acceptors (Lipinski definition) is 4. The van der Waals surface area contributed by atoms with E-state index in [2.05, 4.69) is 5.10 Å². The zero-order valence-corrected chi connectivity index (χ0v) is 12.5. The molecule has 21 heavy (non-hydrogen) atoms. The maximum absolute atomic E-state index is 11.3. The van der Waals surface area contributed by atoms with Crippen LogP contribution in [0.5, 0.6) is 17.4 Å². The number of aromatic carboxylic acids is 1. The topological polar surface area (TPSA) is 73.6 Å². The number of benzene rings is 1. The molecule has 0 amide bonds. The molecule has 0 unspecified atom stereocenters. The van der Waals surface area contributed by atoms with Gasteiger partial charge in [-0.1, -0.05) is 13.0 Å². The van der Waals surface area contributed by atoms with Crippen LogP contribution in [-0.2, 0) is 13.5 Å². The summed E-state index contributed by atoms with van der Waals surface area (Å²) in [6.07, 6.45) is 0.877. The molecule has 0 saturated carbocycles. The molecule has 1 aromatic heterocycles. The van der Waals surface area contributed by atoms with Gasteiger partial charge in [-0.15, -0.1) is 0 Å². The van der Waals surface area contributed by atoms with Crippen molar-refractivity contribution in [3.05, 3.63) is 35.0 Å². The second-order valence-electron chi connectivity index (χ2n) is 4.64. The summed E-state index contributed by atoms with van der Waals surface area (Å²) < 4.78 is 12.5. The number of carbonyl (C=O) groups is 1. The number of aromatic nitrogens is 2. The molecule has 6 nitrogen and oxygen atoms in total. The Hall–Kier alpha value is -2.50. The van der Waals surface area contributed by atoms with E-state index in [0.717, 1.165) is 12.0 Å². The van der Waals surface area contributed by atoms with Gasteiger partial charge in [-0.05, 0) is 31.0 Å². The summed E-state index contributed by atoms with van der Waals surface area (Å²) in [6, 6.07) is 5.56. The lowest BCUT2D eigenvalue weighted by molar-refractivity contribution is 0.0693. The molecule has 0 aliphatic heterocycles. The predicted molar refractivity (Wildman–Crippen MR) is 77.4 cm³/mol. The van der Waals surface area contributed by atoms with Crippen molar-refractivity contribution in [2.75, 3.05) is 7.11 Å². The SMILES string of the molecule is CCc1ccc(Oc2c(C(=O)O)c(C)nn2C)c(OC)c1. The summed E-state index contributed by atoms with van der Waals surface area (Å²) >= 11 is 0. The van der Waals surface area contributed by atoms with Crippen LogP contribution in [0.15, 0.2) is 18.2 Å². The van der Waals surface area contributed by atoms with Crippen molar-refractivity contribution in [3.63, 3.8) is 0 Å². The van der Waals surface area contributed by atoms with Crippen molar-refractivity contribution >= 4 is 5.97 Å². The first kappa shape index (κ1) is 14.9. The average molecular weight is 290 g/mol. The second kappa shape index (κ2) is 5.87. The first-order valence-corrected chi connectivity index (χ1v) is 6.59. The number of methoxy groups -OCH3 is 1. The second-order valence-corrected chi connectivity index (χ2v) is 4.64. The third kappa shape index (κ3) is 2.84. The van der Waals surface area contributed by atoms with Crippen molar-refractivity contribution in [1.29, 1.82) is 0 Å². The zero-order chi connectivity index (χ0) is 15.6. The first-order chi connectivity index (χ1) is 9.97. The molecule has 1 aromatic carbocycles. The fourth-order valence-electron chi connectivity index (χ4n) is 2.12. The fourth-order valence-corrected chi connectivity index (χ4v) is 2.12. The van der Waals surface area contributed by atoms with Gasteiger partial charge in [0.05, 0.1) is 12.8 Å². The average Bonchev–Trinajstić information content (AvgIpc) is 2.73. The third-order valence-corrected chi connectivity index (χ3v) is 3.23. The molecule has 112 valence electrons. The van der Waals surface area contributed by atoms with E-state index in [9.17, 15) is 9.90 Å². The molecule has 6 heteroatoms. The molecule has 0 spiro atoms. The van der Waals surface area contributed by atoms with Gasteiger partial charge in [0.1, 0.15) is 5.56 Å². The van der Waals surface area contributed by atoms with E-state index in [1.54, 1.807) is 27.1 Å². The van der Waals surface area contributed by atoms with Gasteiger partial charge >= 0.3 is 5.97 Å². The smallest absolute Gasteiger partial charge is 0.343 e. The minimum atomic E-state index is -1.07. The van der Waals surface area contributed by atoms with Crippen molar-refractivity contribution in [1.82, 2.24) is 9.78 Å². The molecule has 0 aliphatic carbocycles. The van der Waals surface area contributed by atoms with Gasteiger partial charge in [0.2, 0.25) is 5.88 Å². The third-order valence-electron chi connectivity index (χ3n) is 3.23. The molecule has 0 fully saturated rings. The Kier molecular flexibility index (Phi) is 4.16. The summed E-state index contributed by atoms with van der Waals surface area (Å²) in [5.41, 5.74) is 1.57. The molecular formula is C15H18N2O4. The normalized spacial score (nSPS) is 10.5. The summed E-state index contributed by atoms with van der Waals surface area (Å²) in [7, 11) is 3.19. The number of carboxylic acids is 1. The number of nitrogens with zero attached hydrogens (tertiary/aromatic N) is 2. The van der Waals surface area contributed by atoms with E-state index in [-0.39, 0.29) is 11.4 Å². The maximum atomic E-state index is 11.3. The van der Waals surface area contributed by atoms with Crippen LogP contribution in [0, 0.1) is 6.92 Å². The summed E-state index contributed by atoms with van der Waals surface area (Å²) in [6.45, 7) is 3.68. The molecule has 1 N–H and O–H groups in total. The minimum absolute atomic E-state index is 0.0547. The van der Waals surface area contributed by atoms with Crippen molar-refractivity contribution in [2.45, 2.75) is 20.3 Å². The number of aryl methyl sites for hydroxylation is 3. The van der Waals surface area contributed by atoms with Gasteiger partial charge in [-0.3, -0.25) is 0 Å². The van der Waals surface area contributed by atoms with E-state index in [1.807, 2.05) is 19.1 Å². The Morgan fingerprint density at radius 2 is 2.10 bits per heavy atom. The predicted octanol–water partition coefficient (Wildman–Crippen LogP) is 2.79. The Morgan fingerprint density at radius 1 is 1.38 bits per heavy atom. The lowest BCUT2D eigenvalue weighted by Crippen LogP contribution is -2.03. The molecule has 0 saturated heterocycles. The van der Waals surface area contributed by atoms with E-state index >= 15 is 0 Å². The van der Waals surface area contributed by atoms with Crippen molar-refractivity contribution in [3.8, 4) is 17.4 Å². The molecule has 1 heterocycles. The van der Waals surface area contributed by atoms with Gasteiger partial charge in [-0.2, -0.15) is 5.10 Å². The number of ether oxygens (including phenoxy) is 2. The van der Waals surface area contributed by atoms with Crippen LogP contribution in [-0.4, -0.2) is 28.0 Å². The van der Waals surface area contributed by atoms with Gasteiger partial charge in [-0.25, -0.2) is 9.48 Å². The van der Waals surface area contributed by atoms with E-state index in [1.165, 1.54) is 4.68 Å². The highest BCUT2D eigenvalue weighted by atomic mass is 16.5. The summed E-state index contributed by atoms with van der Waals surface area (Å²) in [4.78, 5) is 11.3. The van der Waals surface area contributed by atoms with Gasteiger partial charge in [0, 0.05) is 7.05 Å². The highest BCUT2D eigenvalue weighted by molar-refractivity contribution is 5.91. The molecule has 0 atom stereocenters. The van der Waals surface area contributed by atoms with Gasteiger partial charge < -0.3 is 14.6 Å². The largest absolute Gasteiger partial charge is 0.493 e. The Morgan fingerprint density at radius 3 is 2.67 bits per heavy atom. The molecule has 0 radical (unpaired) electrons. The zero-order valence-electron chi connectivity index (χ0n) is 12.5. The van der Waals surface area contributed by atoms with Gasteiger partial charge in [0.15, 0.2) is 11.5 Å². The van der Waals surface area contributed by atoms with E-state index in [0.29, 0.717) is 17.2 Å². The molecule has 0 bridgehead atoms. The highest BCUT2D eigenvalue weighted by Gasteiger charge is 2.22. The standard InChI is InChI=1S/C15H18N2O4/c1-5-10-6-7-11(12(8-10)20-4)21-14-13(15(18)19)9(2)16-17(14)3/h6-8H,5H2,1-4H3,(H,18,19). The number of hydrogen-bond donors (Lipinski definition) is 1. The highest BCUT2D eigenvalue weighted by Crippen LogP contribution is 2.34. The minimum Gasteiger partial charge on any atom is -0.493 e. The molecule has 2 rings (SSSR count). The first-order valence-electron chi connectivity index (χ1n) is 6.59. The van der Waals surface area contributed by atoms with Crippen LogP contribution >= 0.6 is 0 Å². The Balaban J connectivity index is 2.45. The van der Waals surface area contributed by atoms with Gasteiger partial charge in [0.25, 0.3) is 0 Å². The van der Waals surface area contributed by atoms with E-state index < -0.39 is 5.97 Å². The van der Waals surface area contributed by atoms with Crippen LogP contribution in [0.1, 0.15) is 28.5 Å². The molecular weight excluding hydrogens is 272 g/mol. The molecule has 0 aliphatic rings. The Bertz CT molecular complexity index is 677. The van der Waals surface area contributed by atoms with E-state index in [4.69, 9.17) is 9.47 Å².